The maximum Gasteiger partial charge on any atom is 4.00 e. The second-order valence-corrected chi connectivity index (χ2v) is 11.3. The molecule has 0 saturated heterocycles. The standard InChI is InChI=1S/C21H25.C9H7S.2ClH.Zr/c1-20(2,3)16-9-7-14-11-15-8-10-17(21(4,5)6)13-19(15)18(14)12-16;1-2-4-8(3-1)9-5-6-10-7-9;;;/h7,9-10,12-13H,11H2,1-6H3;1-7H;2*1H;/q2*-1;;;+4/p-2. The Labute approximate surface area is 241 Å². The van der Waals surface area contributed by atoms with Crippen LogP contribution in [0.5, 0.6) is 0 Å². The zero-order valence-corrected chi connectivity index (χ0v) is 25.6. The van der Waals surface area contributed by atoms with Crippen LogP contribution in [-0.4, -0.2) is 0 Å². The normalized spacial score (nSPS) is 11.6. The smallest absolute Gasteiger partial charge is 1.00 e. The Hall–Kier alpha value is -1.05. The molecule has 0 amide bonds. The van der Waals surface area contributed by atoms with E-state index in [1.54, 1.807) is 11.3 Å². The second kappa shape index (κ2) is 12.3. The van der Waals surface area contributed by atoms with Gasteiger partial charge in [-0.3, -0.25) is 0 Å². The first-order valence-electron chi connectivity index (χ1n) is 11.1. The zero-order valence-electron chi connectivity index (χ0n) is 20.8. The molecule has 0 radical (unpaired) electrons. The van der Waals surface area contributed by atoms with Gasteiger partial charge < -0.3 is 24.8 Å². The number of hydrogen-bond donors (Lipinski definition) is 0. The first-order chi connectivity index (χ1) is 14.6. The van der Waals surface area contributed by atoms with Crippen LogP contribution in [-0.2, 0) is 43.5 Å². The molecule has 0 N–H and O–H groups in total. The van der Waals surface area contributed by atoms with Crippen LogP contribution in [0, 0.1) is 6.07 Å². The predicted octanol–water partition coefficient (Wildman–Crippen LogP) is 2.79. The van der Waals surface area contributed by atoms with Gasteiger partial charge in [0.15, 0.2) is 0 Å². The summed E-state index contributed by atoms with van der Waals surface area (Å²) in [5.41, 5.74) is 11.4. The maximum atomic E-state index is 3.53. The summed E-state index contributed by atoms with van der Waals surface area (Å²) >= 11 is 1.74. The van der Waals surface area contributed by atoms with Crippen molar-refractivity contribution in [2.45, 2.75) is 58.8 Å². The van der Waals surface area contributed by atoms with Gasteiger partial charge in [-0.15, -0.1) is 29.3 Å². The van der Waals surface area contributed by atoms with Crippen molar-refractivity contribution in [1.29, 1.82) is 0 Å². The fourth-order valence-electron chi connectivity index (χ4n) is 3.98. The zero-order chi connectivity index (χ0) is 22.2. The van der Waals surface area contributed by atoms with Gasteiger partial charge in [-0.25, -0.2) is 11.3 Å². The number of rotatable bonds is 1. The third kappa shape index (κ3) is 7.01. The van der Waals surface area contributed by atoms with Gasteiger partial charge in [0.1, 0.15) is 0 Å². The van der Waals surface area contributed by atoms with E-state index in [2.05, 4.69) is 119 Å². The van der Waals surface area contributed by atoms with E-state index in [9.17, 15) is 0 Å². The Morgan fingerprint density at radius 2 is 1.44 bits per heavy atom. The molecule has 1 aliphatic carbocycles. The number of benzene rings is 2. The van der Waals surface area contributed by atoms with Crippen LogP contribution in [0.25, 0.3) is 22.3 Å². The maximum absolute atomic E-state index is 3.53. The molecule has 0 saturated carbocycles. The molecule has 3 aromatic carbocycles. The molecule has 176 valence electrons. The van der Waals surface area contributed by atoms with E-state index < -0.39 is 0 Å². The van der Waals surface area contributed by atoms with Crippen molar-refractivity contribution in [3.8, 4) is 22.3 Å². The van der Waals surface area contributed by atoms with Gasteiger partial charge in [0.25, 0.3) is 0 Å². The summed E-state index contributed by atoms with van der Waals surface area (Å²) in [6.45, 7) is 13.6. The van der Waals surface area contributed by atoms with Gasteiger partial charge in [-0.2, -0.15) is 41.5 Å². The minimum absolute atomic E-state index is 0. The molecular weight excluding hydrogens is 555 g/mol. The fraction of sp³-hybridized carbons (Fsp3) is 0.300. The molecule has 0 unspecified atom stereocenters. The molecule has 0 bridgehead atoms. The fourth-order valence-corrected chi connectivity index (χ4v) is 4.64. The monoisotopic (exact) mass is 584 g/mol. The van der Waals surface area contributed by atoms with Gasteiger partial charge in [0, 0.05) is 0 Å². The Morgan fingerprint density at radius 1 is 0.824 bits per heavy atom. The van der Waals surface area contributed by atoms with Crippen molar-refractivity contribution >= 4 is 11.3 Å². The van der Waals surface area contributed by atoms with E-state index in [4.69, 9.17) is 0 Å². The molecule has 0 spiro atoms. The van der Waals surface area contributed by atoms with Crippen molar-refractivity contribution in [3.05, 3.63) is 99.7 Å². The molecule has 0 nitrogen and oxygen atoms in total. The molecule has 4 heteroatoms. The van der Waals surface area contributed by atoms with E-state index in [1.807, 2.05) is 0 Å². The third-order valence-corrected chi connectivity index (χ3v) is 6.73. The summed E-state index contributed by atoms with van der Waals surface area (Å²) in [4.78, 5) is 0. The van der Waals surface area contributed by atoms with Crippen LogP contribution in [0.1, 0.15) is 63.8 Å². The number of thiophene rings is 1. The molecule has 1 aliphatic rings. The summed E-state index contributed by atoms with van der Waals surface area (Å²) in [5, 5.41) is 4.26. The Balaban J connectivity index is 0.000000379. The van der Waals surface area contributed by atoms with Crippen molar-refractivity contribution in [2.24, 2.45) is 0 Å². The second-order valence-electron chi connectivity index (χ2n) is 10.5. The molecular formula is C30H32Cl2SZr. The SMILES string of the molecule is CC(C)(C)c1c[c-]c2c(c1)-c1cc(C(C)(C)C)ccc1C2.[Cl-].[Cl-].[Zr+4].c1cc[c-](-c2ccsc2)c1. The first-order valence-corrected chi connectivity index (χ1v) is 12.0. The summed E-state index contributed by atoms with van der Waals surface area (Å²) in [6.07, 6.45) is 1.03. The largest absolute Gasteiger partial charge is 4.00 e. The van der Waals surface area contributed by atoms with Gasteiger partial charge >= 0.3 is 26.2 Å². The number of fused-ring (bicyclic) bond motifs is 3. The quantitative estimate of drug-likeness (QED) is 0.265. The number of halogens is 2. The summed E-state index contributed by atoms with van der Waals surface area (Å²) < 4.78 is 0. The topological polar surface area (TPSA) is 0 Å². The van der Waals surface area contributed by atoms with Crippen molar-refractivity contribution in [3.63, 3.8) is 0 Å². The minimum Gasteiger partial charge on any atom is -1.00 e. The minimum atomic E-state index is 0. The molecule has 1 heterocycles. The van der Waals surface area contributed by atoms with Crippen LogP contribution in [0.3, 0.4) is 0 Å². The van der Waals surface area contributed by atoms with Crippen LogP contribution < -0.4 is 24.8 Å². The third-order valence-electron chi connectivity index (χ3n) is 6.04. The van der Waals surface area contributed by atoms with Gasteiger partial charge in [-0.1, -0.05) is 92.6 Å². The first kappa shape index (κ1) is 31.0. The Morgan fingerprint density at radius 3 is 2.00 bits per heavy atom. The Bertz CT molecular complexity index is 1070. The number of hydrogen-bond acceptors (Lipinski definition) is 1. The summed E-state index contributed by atoms with van der Waals surface area (Å²) in [7, 11) is 0. The molecule has 5 rings (SSSR count). The van der Waals surface area contributed by atoms with Crippen molar-refractivity contribution < 1.29 is 51.0 Å². The molecule has 34 heavy (non-hydrogen) atoms. The van der Waals surface area contributed by atoms with Gasteiger partial charge in [0.2, 0.25) is 0 Å². The average molecular weight is 587 g/mol. The van der Waals surface area contributed by atoms with Crippen LogP contribution in [0.2, 0.25) is 0 Å². The van der Waals surface area contributed by atoms with Gasteiger partial charge in [0.05, 0.1) is 0 Å². The molecule has 0 fully saturated rings. The predicted molar refractivity (Wildman–Crippen MR) is 136 cm³/mol. The van der Waals surface area contributed by atoms with Crippen LogP contribution in [0.4, 0.5) is 0 Å². The van der Waals surface area contributed by atoms with Gasteiger partial charge in [-0.05, 0) is 17.4 Å². The van der Waals surface area contributed by atoms with Crippen LogP contribution >= 0.6 is 11.3 Å². The molecule has 1 aromatic heterocycles. The van der Waals surface area contributed by atoms with E-state index >= 15 is 0 Å². The van der Waals surface area contributed by atoms with Crippen molar-refractivity contribution in [1.82, 2.24) is 0 Å². The van der Waals surface area contributed by atoms with E-state index in [1.165, 1.54) is 44.5 Å². The summed E-state index contributed by atoms with van der Waals surface area (Å²) in [6, 6.07) is 25.6. The molecule has 0 aliphatic heterocycles. The molecule has 4 aromatic rings. The summed E-state index contributed by atoms with van der Waals surface area (Å²) in [5.74, 6) is 0. The van der Waals surface area contributed by atoms with E-state index in [0.29, 0.717) is 0 Å². The Kier molecular flexibility index (Phi) is 11.2. The van der Waals surface area contributed by atoms with Crippen LogP contribution in [0.15, 0.2) is 71.4 Å². The van der Waals surface area contributed by atoms with Crippen molar-refractivity contribution in [2.75, 3.05) is 0 Å². The average Bonchev–Trinajstić information content (AvgIpc) is 3.45. The molecule has 0 atom stereocenters. The van der Waals surface area contributed by atoms with E-state index in [-0.39, 0.29) is 61.8 Å². The van der Waals surface area contributed by atoms with E-state index in [0.717, 1.165) is 6.42 Å².